The number of aromatic nitrogens is 1. The number of hydrogen-bond acceptors (Lipinski definition) is 4. The number of carbonyl (C=O) groups is 2. The fourth-order valence-corrected chi connectivity index (χ4v) is 3.53. The molecule has 1 saturated heterocycles. The van der Waals surface area contributed by atoms with Gasteiger partial charge in [0.25, 0.3) is 0 Å². The van der Waals surface area contributed by atoms with Crippen LogP contribution < -0.4 is 5.32 Å². The third kappa shape index (κ3) is 5.01. The first-order valence-electron chi connectivity index (χ1n) is 9.05. The quantitative estimate of drug-likeness (QED) is 0.815. The van der Waals surface area contributed by atoms with Crippen LogP contribution in [0.5, 0.6) is 0 Å². The SMILES string of the molecule is CNC(=O)C(CC(C)C)N1CCCC1C(=O)N(C)Cc1cccnc1. The Bertz CT molecular complexity index is 576. The molecule has 2 amide bonds. The van der Waals surface area contributed by atoms with Crippen molar-refractivity contribution in [3.63, 3.8) is 0 Å². The lowest BCUT2D eigenvalue weighted by Crippen LogP contribution is -2.53. The average Bonchev–Trinajstić information content (AvgIpc) is 3.08. The molecule has 138 valence electrons. The Kier molecular flexibility index (Phi) is 6.93. The monoisotopic (exact) mass is 346 g/mol. The molecule has 6 nitrogen and oxygen atoms in total. The van der Waals surface area contributed by atoms with E-state index < -0.39 is 0 Å². The van der Waals surface area contributed by atoms with Crippen molar-refractivity contribution < 1.29 is 9.59 Å². The van der Waals surface area contributed by atoms with Crippen molar-refractivity contribution in [1.82, 2.24) is 20.1 Å². The van der Waals surface area contributed by atoms with E-state index in [2.05, 4.69) is 29.0 Å². The van der Waals surface area contributed by atoms with Gasteiger partial charge in [0, 0.05) is 33.0 Å². The molecule has 2 rings (SSSR count). The second kappa shape index (κ2) is 8.94. The number of pyridine rings is 1. The van der Waals surface area contributed by atoms with E-state index in [1.54, 1.807) is 24.3 Å². The van der Waals surface area contributed by atoms with Gasteiger partial charge in [-0.3, -0.25) is 19.5 Å². The maximum Gasteiger partial charge on any atom is 0.239 e. The highest BCUT2D eigenvalue weighted by Crippen LogP contribution is 2.25. The van der Waals surface area contributed by atoms with Gasteiger partial charge in [-0.15, -0.1) is 0 Å². The van der Waals surface area contributed by atoms with E-state index in [0.717, 1.165) is 31.4 Å². The molecule has 0 aromatic carbocycles. The van der Waals surface area contributed by atoms with Crippen LogP contribution in [-0.2, 0) is 16.1 Å². The summed E-state index contributed by atoms with van der Waals surface area (Å²) in [6.07, 6.45) is 6.02. The van der Waals surface area contributed by atoms with Gasteiger partial charge < -0.3 is 10.2 Å². The molecule has 0 saturated carbocycles. The molecule has 1 aromatic rings. The number of nitrogens with zero attached hydrogens (tertiary/aromatic N) is 3. The number of rotatable bonds is 7. The Morgan fingerprint density at radius 2 is 2.20 bits per heavy atom. The van der Waals surface area contributed by atoms with Crippen LogP contribution >= 0.6 is 0 Å². The summed E-state index contributed by atoms with van der Waals surface area (Å²) >= 11 is 0. The van der Waals surface area contributed by atoms with E-state index in [9.17, 15) is 9.59 Å². The van der Waals surface area contributed by atoms with Crippen molar-refractivity contribution in [2.24, 2.45) is 5.92 Å². The Morgan fingerprint density at radius 3 is 2.80 bits per heavy atom. The van der Waals surface area contributed by atoms with Crippen molar-refractivity contribution >= 4 is 11.8 Å². The molecule has 0 aliphatic carbocycles. The van der Waals surface area contributed by atoms with E-state index in [4.69, 9.17) is 0 Å². The van der Waals surface area contributed by atoms with Crippen molar-refractivity contribution in [2.45, 2.75) is 51.7 Å². The van der Waals surface area contributed by atoms with Gasteiger partial charge >= 0.3 is 0 Å². The minimum absolute atomic E-state index is 0.00307. The van der Waals surface area contributed by atoms with Gasteiger partial charge in [0.15, 0.2) is 0 Å². The normalized spacial score (nSPS) is 19.0. The number of likely N-dealkylation sites (tertiary alicyclic amines) is 1. The molecule has 1 aliphatic rings. The van der Waals surface area contributed by atoms with Gasteiger partial charge in [0.05, 0.1) is 12.1 Å². The Morgan fingerprint density at radius 1 is 1.44 bits per heavy atom. The number of amides is 2. The van der Waals surface area contributed by atoms with Gasteiger partial charge in [-0.1, -0.05) is 19.9 Å². The fraction of sp³-hybridized carbons (Fsp3) is 0.632. The molecule has 1 aromatic heterocycles. The highest BCUT2D eigenvalue weighted by Gasteiger charge is 2.39. The van der Waals surface area contributed by atoms with E-state index in [1.807, 2.05) is 19.2 Å². The second-order valence-corrected chi connectivity index (χ2v) is 7.21. The first-order chi connectivity index (χ1) is 11.9. The maximum atomic E-state index is 13.0. The predicted molar refractivity (Wildman–Crippen MR) is 97.7 cm³/mol. The molecule has 0 bridgehead atoms. The number of nitrogens with one attached hydrogen (secondary N) is 1. The summed E-state index contributed by atoms with van der Waals surface area (Å²) in [5, 5.41) is 2.76. The summed E-state index contributed by atoms with van der Waals surface area (Å²) in [6, 6.07) is 3.38. The molecule has 0 radical (unpaired) electrons. The lowest BCUT2D eigenvalue weighted by atomic mass is 10.0. The van der Waals surface area contributed by atoms with Crippen molar-refractivity contribution in [2.75, 3.05) is 20.6 Å². The lowest BCUT2D eigenvalue weighted by Gasteiger charge is -2.34. The van der Waals surface area contributed by atoms with Crippen LogP contribution in [0.1, 0.15) is 38.7 Å². The molecule has 2 atom stereocenters. The van der Waals surface area contributed by atoms with Crippen LogP contribution in [0.3, 0.4) is 0 Å². The molecular weight excluding hydrogens is 316 g/mol. The second-order valence-electron chi connectivity index (χ2n) is 7.21. The maximum absolute atomic E-state index is 13.0. The molecule has 1 aliphatic heterocycles. The summed E-state index contributed by atoms with van der Waals surface area (Å²) in [7, 11) is 3.49. The van der Waals surface area contributed by atoms with Crippen molar-refractivity contribution in [1.29, 1.82) is 0 Å². The van der Waals surface area contributed by atoms with Gasteiger partial charge in [0.2, 0.25) is 11.8 Å². The van der Waals surface area contributed by atoms with Crippen LogP contribution in [0.4, 0.5) is 0 Å². The first-order valence-corrected chi connectivity index (χ1v) is 9.05. The Hall–Kier alpha value is -1.95. The highest BCUT2D eigenvalue weighted by molar-refractivity contribution is 5.85. The largest absolute Gasteiger partial charge is 0.358 e. The lowest BCUT2D eigenvalue weighted by molar-refractivity contribution is -0.138. The van der Waals surface area contributed by atoms with Gasteiger partial charge in [-0.2, -0.15) is 0 Å². The van der Waals surface area contributed by atoms with Crippen LogP contribution in [-0.4, -0.2) is 59.3 Å². The van der Waals surface area contributed by atoms with Crippen molar-refractivity contribution in [3.8, 4) is 0 Å². The number of hydrogen-bond donors (Lipinski definition) is 1. The van der Waals surface area contributed by atoms with E-state index >= 15 is 0 Å². The molecule has 25 heavy (non-hydrogen) atoms. The topological polar surface area (TPSA) is 65.5 Å². The molecule has 2 unspecified atom stereocenters. The molecule has 1 fully saturated rings. The van der Waals surface area contributed by atoms with Crippen LogP contribution in [0.2, 0.25) is 0 Å². The predicted octanol–water partition coefficient (Wildman–Crippen LogP) is 1.67. The third-order valence-electron chi connectivity index (χ3n) is 4.74. The van der Waals surface area contributed by atoms with Crippen LogP contribution in [0.25, 0.3) is 0 Å². The summed E-state index contributed by atoms with van der Waals surface area (Å²) in [5.41, 5.74) is 1.01. The zero-order valence-electron chi connectivity index (χ0n) is 15.7. The van der Waals surface area contributed by atoms with Gasteiger partial charge in [-0.05, 0) is 43.4 Å². The summed E-state index contributed by atoms with van der Waals surface area (Å²) in [4.78, 5) is 33.3. The highest BCUT2D eigenvalue weighted by atomic mass is 16.2. The smallest absolute Gasteiger partial charge is 0.239 e. The summed E-state index contributed by atoms with van der Waals surface area (Å²) in [6.45, 7) is 5.54. The zero-order chi connectivity index (χ0) is 18.4. The first kappa shape index (κ1) is 19.4. The molecule has 0 spiro atoms. The fourth-order valence-electron chi connectivity index (χ4n) is 3.53. The van der Waals surface area contributed by atoms with E-state index in [0.29, 0.717) is 12.5 Å². The molecule has 1 N–H and O–H groups in total. The summed E-state index contributed by atoms with van der Waals surface area (Å²) < 4.78 is 0. The van der Waals surface area contributed by atoms with E-state index in [1.165, 1.54) is 0 Å². The van der Waals surface area contributed by atoms with Crippen molar-refractivity contribution in [3.05, 3.63) is 30.1 Å². The minimum atomic E-state index is -0.242. The van der Waals surface area contributed by atoms with Crippen LogP contribution in [0.15, 0.2) is 24.5 Å². The number of likely N-dealkylation sites (N-methyl/N-ethyl adjacent to an activating group) is 2. The molecule has 6 heteroatoms. The molecule has 2 heterocycles. The average molecular weight is 346 g/mol. The number of carbonyl (C=O) groups excluding carboxylic acids is 2. The van der Waals surface area contributed by atoms with E-state index in [-0.39, 0.29) is 23.9 Å². The van der Waals surface area contributed by atoms with Gasteiger partial charge in [-0.25, -0.2) is 0 Å². The Balaban J connectivity index is 2.10. The van der Waals surface area contributed by atoms with Gasteiger partial charge in [0.1, 0.15) is 0 Å². The van der Waals surface area contributed by atoms with Crippen LogP contribution in [0, 0.1) is 5.92 Å². The zero-order valence-corrected chi connectivity index (χ0v) is 15.7. The standard InChI is InChI=1S/C19H30N4O2/c1-14(2)11-17(18(24)20-3)23-10-6-8-16(23)19(25)22(4)13-15-7-5-9-21-12-15/h5,7,9,12,14,16-17H,6,8,10-11,13H2,1-4H3,(H,20,24). The minimum Gasteiger partial charge on any atom is -0.358 e. The molecular formula is C19H30N4O2. The Labute approximate surface area is 150 Å². The third-order valence-corrected chi connectivity index (χ3v) is 4.74. The summed E-state index contributed by atoms with van der Waals surface area (Å²) in [5.74, 6) is 0.481.